The summed E-state index contributed by atoms with van der Waals surface area (Å²) in [5.41, 5.74) is 1.83. The Morgan fingerprint density at radius 3 is 1.19 bits per heavy atom. The largest absolute Gasteiger partial charge is 0.255 e. The summed E-state index contributed by atoms with van der Waals surface area (Å²) in [5, 5.41) is 0. The van der Waals surface area contributed by atoms with Gasteiger partial charge in [0, 0.05) is 12.4 Å². The molecule has 0 bridgehead atoms. The Kier molecular flexibility index (Phi) is 7.27. The smallest absolute Gasteiger partial charge is 0.0886 e. The van der Waals surface area contributed by atoms with E-state index in [0.717, 1.165) is 18.5 Å². The Morgan fingerprint density at radius 1 is 0.481 bits per heavy atom. The third-order valence-electron chi connectivity index (χ3n) is 3.86. The van der Waals surface area contributed by atoms with Crippen LogP contribution in [0, 0.1) is 0 Å². The third kappa shape index (κ3) is 5.55. The minimum atomic E-state index is -3.30. The maximum Gasteiger partial charge on any atom is 0.0886 e. The quantitative estimate of drug-likeness (QED) is 0.376. The van der Waals surface area contributed by atoms with Crippen molar-refractivity contribution >= 4 is 41.1 Å². The van der Waals surface area contributed by atoms with E-state index in [2.05, 4.69) is 9.97 Å². The first kappa shape index (κ1) is 19.9. The number of hydrogen-bond donors (Lipinski definition) is 0. The summed E-state index contributed by atoms with van der Waals surface area (Å²) in [6, 6.07) is 31.5. The van der Waals surface area contributed by atoms with Crippen molar-refractivity contribution in [2.45, 2.75) is 0 Å². The summed E-state index contributed by atoms with van der Waals surface area (Å²) in [7, 11) is 13.1. The molecule has 4 aromatic rings. The molecular weight excluding hydrogens is 482 g/mol. The van der Waals surface area contributed by atoms with E-state index < -0.39 is 16.1 Å². The Balaban J connectivity index is 0.000000159. The van der Waals surface area contributed by atoms with Crippen molar-refractivity contribution in [2.24, 2.45) is 0 Å². The van der Waals surface area contributed by atoms with Crippen LogP contribution in [0.5, 0.6) is 0 Å². The van der Waals surface area contributed by atoms with Crippen LogP contribution in [-0.4, -0.2) is 26.1 Å². The molecule has 0 atom stereocenters. The maximum absolute atomic E-state index is 6.56. The number of aromatic nitrogens is 2. The van der Waals surface area contributed by atoms with Crippen LogP contribution in [0.3, 0.4) is 0 Å². The van der Waals surface area contributed by atoms with Gasteiger partial charge in [0.25, 0.3) is 0 Å². The number of rotatable bonds is 3. The third-order valence-corrected chi connectivity index (χ3v) is 15.8. The molecule has 0 radical (unpaired) electrons. The first-order chi connectivity index (χ1) is 13.2. The molecular formula is C22H18Cl2N2Sn. The van der Waals surface area contributed by atoms with Gasteiger partial charge in [0.15, 0.2) is 0 Å². The van der Waals surface area contributed by atoms with Crippen LogP contribution < -0.4 is 7.16 Å². The van der Waals surface area contributed by atoms with E-state index in [1.807, 2.05) is 97.1 Å². The van der Waals surface area contributed by atoms with Gasteiger partial charge in [-0.25, -0.2) is 0 Å². The molecule has 2 nitrogen and oxygen atoms in total. The summed E-state index contributed by atoms with van der Waals surface area (Å²) < 4.78 is 2.20. The van der Waals surface area contributed by atoms with Crippen LogP contribution in [0.25, 0.3) is 11.4 Å². The maximum atomic E-state index is 6.56. The molecule has 0 amide bonds. The number of benzene rings is 2. The summed E-state index contributed by atoms with van der Waals surface area (Å²) >= 11 is -3.30. The number of pyridine rings is 2. The fourth-order valence-corrected chi connectivity index (χ4v) is 10.3. The zero-order valence-corrected chi connectivity index (χ0v) is 18.9. The van der Waals surface area contributed by atoms with Gasteiger partial charge in [0.2, 0.25) is 0 Å². The SMILES string of the molecule is [Cl][Sn]([Cl])([c]1ccccc1)[c]1ccccc1.c1ccc(-c2ccccn2)nc1. The molecule has 0 aliphatic heterocycles. The molecule has 0 spiro atoms. The van der Waals surface area contributed by atoms with Crippen LogP contribution in [0.15, 0.2) is 109 Å². The van der Waals surface area contributed by atoms with Crippen LogP contribution in [-0.2, 0) is 0 Å². The number of halogens is 2. The summed E-state index contributed by atoms with van der Waals surface area (Å²) in [6.45, 7) is 0. The van der Waals surface area contributed by atoms with Crippen molar-refractivity contribution in [1.29, 1.82) is 0 Å². The van der Waals surface area contributed by atoms with Crippen molar-refractivity contribution in [3.05, 3.63) is 109 Å². The molecule has 2 heterocycles. The Bertz CT molecular complexity index is 856. The van der Waals surface area contributed by atoms with Crippen LogP contribution >= 0.6 is 17.8 Å². The molecule has 0 N–H and O–H groups in total. The molecule has 0 unspecified atom stereocenters. The second-order valence-electron chi connectivity index (χ2n) is 5.74. The van der Waals surface area contributed by atoms with Crippen LogP contribution in [0.2, 0.25) is 0 Å². The fraction of sp³-hybridized carbons (Fsp3) is 0. The second-order valence-corrected chi connectivity index (χ2v) is 21.2. The normalized spacial score (nSPS) is 10.6. The van der Waals surface area contributed by atoms with Gasteiger partial charge >= 0.3 is 102 Å². The number of nitrogens with zero attached hydrogens (tertiary/aromatic N) is 2. The van der Waals surface area contributed by atoms with Crippen molar-refractivity contribution in [2.75, 3.05) is 0 Å². The summed E-state index contributed by atoms with van der Waals surface area (Å²) in [6.07, 6.45) is 3.54. The molecule has 4 rings (SSSR count). The van der Waals surface area contributed by atoms with E-state index in [1.54, 1.807) is 12.4 Å². The van der Waals surface area contributed by atoms with Gasteiger partial charge in [0.1, 0.15) is 0 Å². The molecule has 2 aromatic carbocycles. The van der Waals surface area contributed by atoms with E-state index in [1.165, 1.54) is 0 Å². The predicted octanol–water partition coefficient (Wildman–Crippen LogP) is 4.86. The van der Waals surface area contributed by atoms with Gasteiger partial charge in [0.05, 0.1) is 11.4 Å². The minimum Gasteiger partial charge on any atom is -0.255 e. The molecule has 0 saturated heterocycles. The monoisotopic (exact) mass is 500 g/mol. The minimum absolute atomic E-state index is 0.915. The Hall–Kier alpha value is -1.88. The predicted molar refractivity (Wildman–Crippen MR) is 117 cm³/mol. The van der Waals surface area contributed by atoms with E-state index in [-0.39, 0.29) is 0 Å². The molecule has 0 saturated carbocycles. The standard InChI is InChI=1S/C10H8N2.2C6H5.2ClH.Sn/c1-3-7-11-9(5-1)10-6-2-4-8-12-10;2*1-2-4-6-5-3-1;;;/h1-8H;2*1-5H;2*1H;/q;;;;;+2/p-2. The van der Waals surface area contributed by atoms with Crippen LogP contribution in [0.4, 0.5) is 0 Å². The summed E-state index contributed by atoms with van der Waals surface area (Å²) in [5.74, 6) is 0. The average Bonchev–Trinajstić information content (AvgIpc) is 2.77. The molecule has 2 aromatic heterocycles. The van der Waals surface area contributed by atoms with E-state index >= 15 is 0 Å². The van der Waals surface area contributed by atoms with Gasteiger partial charge in [-0.1, -0.05) is 12.1 Å². The van der Waals surface area contributed by atoms with E-state index in [9.17, 15) is 0 Å². The van der Waals surface area contributed by atoms with Gasteiger partial charge in [-0.15, -0.1) is 0 Å². The Labute approximate surface area is 171 Å². The first-order valence-electron chi connectivity index (χ1n) is 8.49. The van der Waals surface area contributed by atoms with Gasteiger partial charge in [-0.3, -0.25) is 9.97 Å². The zero-order valence-electron chi connectivity index (χ0n) is 14.5. The topological polar surface area (TPSA) is 25.8 Å². The van der Waals surface area contributed by atoms with Crippen molar-refractivity contribution in [1.82, 2.24) is 9.97 Å². The summed E-state index contributed by atoms with van der Waals surface area (Å²) in [4.78, 5) is 8.37. The molecule has 134 valence electrons. The van der Waals surface area contributed by atoms with E-state index in [4.69, 9.17) is 17.8 Å². The van der Waals surface area contributed by atoms with Gasteiger partial charge in [-0.05, 0) is 24.3 Å². The number of hydrogen-bond acceptors (Lipinski definition) is 2. The van der Waals surface area contributed by atoms with Crippen molar-refractivity contribution in [3.8, 4) is 11.4 Å². The zero-order chi connectivity index (χ0) is 19.0. The molecule has 0 aliphatic rings. The molecule has 27 heavy (non-hydrogen) atoms. The van der Waals surface area contributed by atoms with Crippen LogP contribution in [0.1, 0.15) is 0 Å². The molecule has 0 aliphatic carbocycles. The van der Waals surface area contributed by atoms with Crippen molar-refractivity contribution < 1.29 is 0 Å². The Morgan fingerprint density at radius 2 is 0.852 bits per heavy atom. The molecule has 0 fully saturated rings. The first-order valence-corrected chi connectivity index (χ1v) is 18.6. The van der Waals surface area contributed by atoms with E-state index in [0.29, 0.717) is 0 Å². The average molecular weight is 500 g/mol. The molecule has 5 heteroatoms. The second kappa shape index (κ2) is 9.88. The fourth-order valence-electron chi connectivity index (χ4n) is 2.49. The van der Waals surface area contributed by atoms with Gasteiger partial charge in [-0.2, -0.15) is 0 Å². The van der Waals surface area contributed by atoms with Crippen molar-refractivity contribution in [3.63, 3.8) is 0 Å². The van der Waals surface area contributed by atoms with Gasteiger partial charge < -0.3 is 0 Å².